The SMILES string of the molecule is Cl.OC(Cc1cccc(C(F)(F)F)c1)N1CCNCC1. The molecule has 0 aromatic heterocycles. The quantitative estimate of drug-likeness (QED) is 0.895. The maximum atomic E-state index is 12.6. The molecule has 1 aliphatic rings. The van der Waals surface area contributed by atoms with Gasteiger partial charge >= 0.3 is 6.18 Å². The summed E-state index contributed by atoms with van der Waals surface area (Å²) in [5.74, 6) is 0. The summed E-state index contributed by atoms with van der Waals surface area (Å²) in [7, 11) is 0. The van der Waals surface area contributed by atoms with Gasteiger partial charge in [0.25, 0.3) is 0 Å². The second kappa shape index (κ2) is 7.26. The van der Waals surface area contributed by atoms with Gasteiger partial charge in [0.1, 0.15) is 6.23 Å². The number of halogens is 4. The van der Waals surface area contributed by atoms with E-state index in [0.717, 1.165) is 25.2 Å². The molecule has 0 radical (unpaired) electrons. The van der Waals surface area contributed by atoms with Crippen molar-refractivity contribution in [2.24, 2.45) is 0 Å². The number of benzene rings is 1. The van der Waals surface area contributed by atoms with Gasteiger partial charge in [-0.05, 0) is 11.6 Å². The van der Waals surface area contributed by atoms with Gasteiger partial charge in [-0.25, -0.2) is 0 Å². The Morgan fingerprint density at radius 3 is 2.50 bits per heavy atom. The van der Waals surface area contributed by atoms with E-state index in [1.807, 2.05) is 4.90 Å². The lowest BCUT2D eigenvalue weighted by molar-refractivity contribution is -0.137. The van der Waals surface area contributed by atoms with Crippen LogP contribution < -0.4 is 5.32 Å². The zero-order valence-corrected chi connectivity index (χ0v) is 11.7. The Morgan fingerprint density at radius 1 is 1.25 bits per heavy atom. The predicted octanol–water partition coefficient (Wildman–Crippen LogP) is 1.89. The van der Waals surface area contributed by atoms with Crippen molar-refractivity contribution in [1.82, 2.24) is 10.2 Å². The van der Waals surface area contributed by atoms with Gasteiger partial charge in [-0.15, -0.1) is 12.4 Å². The number of nitrogens with one attached hydrogen (secondary N) is 1. The summed E-state index contributed by atoms with van der Waals surface area (Å²) in [5, 5.41) is 13.2. The highest BCUT2D eigenvalue weighted by molar-refractivity contribution is 5.85. The number of hydrogen-bond donors (Lipinski definition) is 2. The molecule has 0 spiro atoms. The molecule has 0 amide bonds. The number of alkyl halides is 3. The molecule has 1 aliphatic heterocycles. The molecular formula is C13H18ClF3N2O. The summed E-state index contributed by atoms with van der Waals surface area (Å²) in [6, 6.07) is 5.13. The molecule has 20 heavy (non-hydrogen) atoms. The second-order valence-corrected chi connectivity index (χ2v) is 4.67. The van der Waals surface area contributed by atoms with Gasteiger partial charge in [0.2, 0.25) is 0 Å². The van der Waals surface area contributed by atoms with E-state index < -0.39 is 18.0 Å². The average Bonchev–Trinajstić information content (AvgIpc) is 2.39. The van der Waals surface area contributed by atoms with Crippen LogP contribution in [0.15, 0.2) is 24.3 Å². The molecule has 0 bridgehead atoms. The minimum atomic E-state index is -4.34. The first-order chi connectivity index (χ1) is 8.97. The van der Waals surface area contributed by atoms with Crippen molar-refractivity contribution in [3.63, 3.8) is 0 Å². The summed E-state index contributed by atoms with van der Waals surface area (Å²) in [6.07, 6.45) is -4.86. The van der Waals surface area contributed by atoms with Crippen molar-refractivity contribution in [1.29, 1.82) is 0 Å². The Kier molecular flexibility index (Phi) is 6.26. The number of hydrogen-bond acceptors (Lipinski definition) is 3. The third kappa shape index (κ3) is 4.63. The maximum absolute atomic E-state index is 12.6. The van der Waals surface area contributed by atoms with Gasteiger partial charge in [0, 0.05) is 32.6 Å². The highest BCUT2D eigenvalue weighted by Crippen LogP contribution is 2.29. The first kappa shape index (κ1) is 17.2. The molecule has 1 heterocycles. The van der Waals surface area contributed by atoms with E-state index >= 15 is 0 Å². The van der Waals surface area contributed by atoms with E-state index in [1.165, 1.54) is 6.07 Å². The van der Waals surface area contributed by atoms with Crippen LogP contribution in [-0.4, -0.2) is 42.4 Å². The van der Waals surface area contributed by atoms with Gasteiger partial charge in [0.15, 0.2) is 0 Å². The molecule has 1 fully saturated rings. The van der Waals surface area contributed by atoms with Crippen LogP contribution in [0.3, 0.4) is 0 Å². The van der Waals surface area contributed by atoms with Crippen LogP contribution >= 0.6 is 12.4 Å². The zero-order valence-electron chi connectivity index (χ0n) is 10.9. The minimum Gasteiger partial charge on any atom is -0.378 e. The predicted molar refractivity (Wildman–Crippen MR) is 72.8 cm³/mol. The van der Waals surface area contributed by atoms with E-state index in [4.69, 9.17) is 0 Å². The van der Waals surface area contributed by atoms with E-state index in [0.29, 0.717) is 18.7 Å². The number of aliphatic hydroxyl groups is 1. The molecular weight excluding hydrogens is 293 g/mol. The molecule has 1 saturated heterocycles. The lowest BCUT2D eigenvalue weighted by Gasteiger charge is -2.31. The fourth-order valence-corrected chi connectivity index (χ4v) is 2.19. The topological polar surface area (TPSA) is 35.5 Å². The molecule has 114 valence electrons. The summed E-state index contributed by atoms with van der Waals surface area (Å²) < 4.78 is 37.7. The summed E-state index contributed by atoms with van der Waals surface area (Å²) in [4.78, 5) is 1.87. The van der Waals surface area contributed by atoms with E-state index in [2.05, 4.69) is 5.32 Å². The fraction of sp³-hybridized carbons (Fsp3) is 0.538. The second-order valence-electron chi connectivity index (χ2n) is 4.67. The van der Waals surface area contributed by atoms with E-state index in [1.54, 1.807) is 6.07 Å². The van der Waals surface area contributed by atoms with Crippen molar-refractivity contribution in [3.8, 4) is 0 Å². The molecule has 0 saturated carbocycles. The Balaban J connectivity index is 0.00000200. The first-order valence-corrected chi connectivity index (χ1v) is 6.26. The molecule has 2 N–H and O–H groups in total. The standard InChI is InChI=1S/C13H17F3N2O.ClH/c14-13(15,16)11-3-1-2-10(8-11)9-12(19)18-6-4-17-5-7-18;/h1-3,8,12,17,19H,4-7,9H2;1H. The number of rotatable bonds is 3. The van der Waals surface area contributed by atoms with E-state index in [9.17, 15) is 18.3 Å². The molecule has 2 rings (SSSR count). The van der Waals surface area contributed by atoms with Gasteiger partial charge in [0.05, 0.1) is 5.56 Å². The number of aliphatic hydroxyl groups excluding tert-OH is 1. The van der Waals surface area contributed by atoms with Crippen LogP contribution in [-0.2, 0) is 12.6 Å². The van der Waals surface area contributed by atoms with Crippen LogP contribution in [0.25, 0.3) is 0 Å². The van der Waals surface area contributed by atoms with Crippen molar-refractivity contribution in [3.05, 3.63) is 35.4 Å². The molecule has 1 aromatic carbocycles. The molecule has 7 heteroatoms. The molecule has 1 aromatic rings. The van der Waals surface area contributed by atoms with Gasteiger partial charge in [-0.3, -0.25) is 4.90 Å². The Labute approximate surface area is 122 Å². The molecule has 0 aliphatic carbocycles. The smallest absolute Gasteiger partial charge is 0.378 e. The highest BCUT2D eigenvalue weighted by Gasteiger charge is 2.30. The van der Waals surface area contributed by atoms with Crippen LogP contribution in [0.1, 0.15) is 11.1 Å². The van der Waals surface area contributed by atoms with Crippen molar-refractivity contribution >= 4 is 12.4 Å². The Morgan fingerprint density at radius 2 is 1.90 bits per heavy atom. The summed E-state index contributed by atoms with van der Waals surface area (Å²) in [5.41, 5.74) is -0.168. The summed E-state index contributed by atoms with van der Waals surface area (Å²) >= 11 is 0. The molecule has 1 atom stereocenters. The van der Waals surface area contributed by atoms with Crippen molar-refractivity contribution < 1.29 is 18.3 Å². The highest BCUT2D eigenvalue weighted by atomic mass is 35.5. The zero-order chi connectivity index (χ0) is 13.9. The molecule has 3 nitrogen and oxygen atoms in total. The number of nitrogens with zero attached hydrogens (tertiary/aromatic N) is 1. The third-order valence-corrected chi connectivity index (χ3v) is 3.25. The lowest BCUT2D eigenvalue weighted by atomic mass is 10.1. The van der Waals surface area contributed by atoms with Crippen molar-refractivity contribution in [2.45, 2.75) is 18.8 Å². The third-order valence-electron chi connectivity index (χ3n) is 3.25. The van der Waals surface area contributed by atoms with Crippen LogP contribution in [0.2, 0.25) is 0 Å². The Hall–Kier alpha value is -0.820. The largest absolute Gasteiger partial charge is 0.416 e. The fourth-order valence-electron chi connectivity index (χ4n) is 2.19. The molecule has 1 unspecified atom stereocenters. The minimum absolute atomic E-state index is 0. The van der Waals surface area contributed by atoms with Gasteiger partial charge in [-0.2, -0.15) is 13.2 Å². The van der Waals surface area contributed by atoms with E-state index in [-0.39, 0.29) is 18.8 Å². The monoisotopic (exact) mass is 310 g/mol. The van der Waals surface area contributed by atoms with Crippen molar-refractivity contribution in [2.75, 3.05) is 26.2 Å². The van der Waals surface area contributed by atoms with Crippen LogP contribution in [0.4, 0.5) is 13.2 Å². The normalized spacial score (nSPS) is 18.4. The first-order valence-electron chi connectivity index (χ1n) is 6.26. The van der Waals surface area contributed by atoms with Gasteiger partial charge < -0.3 is 10.4 Å². The lowest BCUT2D eigenvalue weighted by Crippen LogP contribution is -2.49. The maximum Gasteiger partial charge on any atom is 0.416 e. The van der Waals surface area contributed by atoms with Gasteiger partial charge in [-0.1, -0.05) is 18.2 Å². The van der Waals surface area contributed by atoms with Crippen LogP contribution in [0.5, 0.6) is 0 Å². The van der Waals surface area contributed by atoms with Crippen LogP contribution in [0, 0.1) is 0 Å². The number of piperazine rings is 1. The Bertz CT molecular complexity index is 422. The average molecular weight is 311 g/mol. The summed E-state index contributed by atoms with van der Waals surface area (Å²) in [6.45, 7) is 3.00.